The summed E-state index contributed by atoms with van der Waals surface area (Å²) in [5.41, 5.74) is 2.20. The fraction of sp³-hybridized carbons (Fsp3) is 0.208. The molecule has 2 aromatic carbocycles. The molecular formula is C24H21ClN2O5S. The van der Waals surface area contributed by atoms with Crippen LogP contribution in [0, 0.1) is 0 Å². The first kappa shape index (κ1) is 22.8. The fourth-order valence-electron chi connectivity index (χ4n) is 3.54. The minimum absolute atomic E-state index is 0.202. The molecule has 4 rings (SSSR count). The Kier molecular flexibility index (Phi) is 6.67. The molecule has 9 heteroatoms. The van der Waals surface area contributed by atoms with E-state index in [-0.39, 0.29) is 24.6 Å². The Morgan fingerprint density at radius 2 is 1.97 bits per heavy atom. The quantitative estimate of drug-likeness (QED) is 0.498. The van der Waals surface area contributed by atoms with Crippen LogP contribution in [0.4, 0.5) is 10.7 Å². The van der Waals surface area contributed by atoms with Crippen LogP contribution < -0.4 is 15.0 Å². The predicted octanol–water partition coefficient (Wildman–Crippen LogP) is 5.00. The van der Waals surface area contributed by atoms with E-state index < -0.39 is 18.0 Å². The largest absolute Gasteiger partial charge is 0.479 e. The minimum Gasteiger partial charge on any atom is -0.479 e. The predicted molar refractivity (Wildman–Crippen MR) is 128 cm³/mol. The molecule has 1 aromatic heterocycles. The van der Waals surface area contributed by atoms with E-state index in [0.29, 0.717) is 27.0 Å². The van der Waals surface area contributed by atoms with Gasteiger partial charge in [0.15, 0.2) is 6.10 Å². The van der Waals surface area contributed by atoms with Crippen molar-refractivity contribution >= 4 is 51.4 Å². The zero-order valence-electron chi connectivity index (χ0n) is 18.0. The summed E-state index contributed by atoms with van der Waals surface area (Å²) in [5, 5.41) is 5.35. The van der Waals surface area contributed by atoms with E-state index >= 15 is 0 Å². The third-order valence-corrected chi connectivity index (χ3v) is 6.17. The van der Waals surface area contributed by atoms with Gasteiger partial charge in [0.1, 0.15) is 22.9 Å². The molecule has 170 valence electrons. The highest BCUT2D eigenvalue weighted by atomic mass is 35.5. The summed E-state index contributed by atoms with van der Waals surface area (Å²) >= 11 is 7.32. The third kappa shape index (κ3) is 4.72. The monoisotopic (exact) mass is 484 g/mol. The van der Waals surface area contributed by atoms with Gasteiger partial charge in [-0.2, -0.15) is 0 Å². The van der Waals surface area contributed by atoms with Crippen LogP contribution in [0.1, 0.15) is 24.2 Å². The Morgan fingerprint density at radius 3 is 2.70 bits per heavy atom. The summed E-state index contributed by atoms with van der Waals surface area (Å²) in [6.07, 6.45) is -0.743. The second-order valence-corrected chi connectivity index (χ2v) is 8.60. The van der Waals surface area contributed by atoms with Gasteiger partial charge in [-0.15, -0.1) is 11.3 Å². The topological polar surface area (TPSA) is 84.9 Å². The van der Waals surface area contributed by atoms with Crippen molar-refractivity contribution in [3.63, 3.8) is 0 Å². The molecule has 2 amide bonds. The molecule has 7 nitrogen and oxygen atoms in total. The average molecular weight is 485 g/mol. The molecule has 0 radical (unpaired) electrons. The molecule has 33 heavy (non-hydrogen) atoms. The molecule has 3 aromatic rings. The molecule has 1 atom stereocenters. The molecule has 1 aliphatic heterocycles. The lowest BCUT2D eigenvalue weighted by Crippen LogP contribution is -2.47. The number of amides is 2. The van der Waals surface area contributed by atoms with Crippen molar-refractivity contribution in [1.82, 2.24) is 0 Å². The summed E-state index contributed by atoms with van der Waals surface area (Å²) in [4.78, 5) is 39.8. The number of hydrogen-bond donors (Lipinski definition) is 1. The number of benzene rings is 2. The number of thiophene rings is 1. The number of halogens is 1. The molecule has 0 aliphatic carbocycles. The highest BCUT2D eigenvalue weighted by Crippen LogP contribution is 2.38. The average Bonchev–Trinajstić information content (AvgIpc) is 3.21. The molecule has 0 fully saturated rings. The molecule has 2 heterocycles. The van der Waals surface area contributed by atoms with Crippen LogP contribution in [0.5, 0.6) is 5.75 Å². The van der Waals surface area contributed by atoms with Crippen LogP contribution in [0.2, 0.25) is 5.02 Å². The molecule has 1 aliphatic rings. The number of hydrogen-bond acceptors (Lipinski definition) is 6. The molecule has 0 saturated heterocycles. The lowest BCUT2D eigenvalue weighted by Gasteiger charge is -2.32. The van der Waals surface area contributed by atoms with Gasteiger partial charge in [-0.05, 0) is 37.6 Å². The Hall–Kier alpha value is -3.36. The normalized spacial score (nSPS) is 14.9. The first-order chi connectivity index (χ1) is 15.9. The van der Waals surface area contributed by atoms with Crippen LogP contribution in [0.15, 0.2) is 53.9 Å². The van der Waals surface area contributed by atoms with E-state index in [4.69, 9.17) is 21.1 Å². The summed E-state index contributed by atoms with van der Waals surface area (Å²) in [6, 6.07) is 14.3. The lowest BCUT2D eigenvalue weighted by atomic mass is 10.0. The molecule has 0 saturated carbocycles. The molecule has 0 bridgehead atoms. The van der Waals surface area contributed by atoms with E-state index in [1.54, 1.807) is 37.4 Å². The molecular weight excluding hydrogens is 464 g/mol. The summed E-state index contributed by atoms with van der Waals surface area (Å²) in [5.74, 6) is -0.882. The van der Waals surface area contributed by atoms with Crippen LogP contribution in [0.25, 0.3) is 11.1 Å². The van der Waals surface area contributed by atoms with Gasteiger partial charge >= 0.3 is 5.97 Å². The van der Waals surface area contributed by atoms with Gasteiger partial charge in [-0.1, -0.05) is 41.9 Å². The smallest absolute Gasteiger partial charge is 0.341 e. The van der Waals surface area contributed by atoms with Gasteiger partial charge in [0.2, 0.25) is 5.91 Å². The summed E-state index contributed by atoms with van der Waals surface area (Å²) in [7, 11) is 0. The summed E-state index contributed by atoms with van der Waals surface area (Å²) in [6.45, 7) is 3.28. The Labute approximate surface area is 199 Å². The van der Waals surface area contributed by atoms with Gasteiger partial charge in [0.05, 0.1) is 12.3 Å². The van der Waals surface area contributed by atoms with Crippen molar-refractivity contribution < 1.29 is 23.9 Å². The number of nitrogens with one attached hydrogen (secondary N) is 1. The maximum atomic E-state index is 13.0. The zero-order chi connectivity index (χ0) is 23.5. The Morgan fingerprint density at radius 1 is 1.21 bits per heavy atom. The maximum absolute atomic E-state index is 13.0. The number of carbonyl (C=O) groups excluding carboxylic acids is 3. The van der Waals surface area contributed by atoms with E-state index in [1.807, 2.05) is 30.3 Å². The van der Waals surface area contributed by atoms with Crippen molar-refractivity contribution in [2.45, 2.75) is 20.0 Å². The zero-order valence-corrected chi connectivity index (χ0v) is 19.5. The van der Waals surface area contributed by atoms with Crippen molar-refractivity contribution in [2.75, 3.05) is 23.4 Å². The molecule has 0 spiro atoms. The second-order valence-electron chi connectivity index (χ2n) is 7.28. The summed E-state index contributed by atoms with van der Waals surface area (Å²) < 4.78 is 10.9. The van der Waals surface area contributed by atoms with Gasteiger partial charge < -0.3 is 14.8 Å². The number of esters is 1. The van der Waals surface area contributed by atoms with E-state index in [2.05, 4.69) is 5.32 Å². The highest BCUT2D eigenvalue weighted by molar-refractivity contribution is 7.15. The number of anilines is 2. The number of carbonyl (C=O) groups is 3. The Balaban J connectivity index is 1.62. The number of nitrogens with zero attached hydrogens (tertiary/aromatic N) is 1. The van der Waals surface area contributed by atoms with Crippen molar-refractivity contribution in [3.8, 4) is 16.9 Å². The van der Waals surface area contributed by atoms with Gasteiger partial charge in [-0.3, -0.25) is 14.5 Å². The van der Waals surface area contributed by atoms with E-state index in [0.717, 1.165) is 5.56 Å². The van der Waals surface area contributed by atoms with Crippen molar-refractivity contribution in [3.05, 3.63) is 64.5 Å². The third-order valence-electron chi connectivity index (χ3n) is 5.04. The molecule has 1 N–H and O–H groups in total. The van der Waals surface area contributed by atoms with Gasteiger partial charge in [-0.25, -0.2) is 4.79 Å². The first-order valence-corrected chi connectivity index (χ1v) is 11.6. The van der Waals surface area contributed by atoms with Crippen LogP contribution >= 0.6 is 22.9 Å². The van der Waals surface area contributed by atoms with Gasteiger partial charge in [0, 0.05) is 16.0 Å². The van der Waals surface area contributed by atoms with Crippen LogP contribution in [0.3, 0.4) is 0 Å². The van der Waals surface area contributed by atoms with E-state index in [9.17, 15) is 14.4 Å². The SMILES string of the molecule is CCOC(=O)c1c(-c2ccccc2)csc1NC(=O)CN1C(=O)C(C)Oc2ccc(Cl)cc21. The molecule has 1 unspecified atom stereocenters. The number of ether oxygens (including phenoxy) is 2. The first-order valence-electron chi connectivity index (χ1n) is 10.3. The van der Waals surface area contributed by atoms with Crippen molar-refractivity contribution in [1.29, 1.82) is 0 Å². The standard InChI is InChI=1S/C24H21ClN2O5S/c1-3-31-24(30)21-17(15-7-5-4-6-8-15)13-33-22(21)26-20(28)12-27-18-11-16(25)9-10-19(18)32-14(2)23(27)29/h4-11,13-14H,3,12H2,1-2H3,(H,26,28). The highest BCUT2D eigenvalue weighted by Gasteiger charge is 2.33. The number of fused-ring (bicyclic) bond motifs is 1. The number of rotatable bonds is 6. The minimum atomic E-state index is -0.743. The van der Waals surface area contributed by atoms with E-state index in [1.165, 1.54) is 16.2 Å². The van der Waals surface area contributed by atoms with Crippen LogP contribution in [-0.4, -0.2) is 37.0 Å². The van der Waals surface area contributed by atoms with Gasteiger partial charge in [0.25, 0.3) is 5.91 Å². The second kappa shape index (κ2) is 9.64. The fourth-order valence-corrected chi connectivity index (χ4v) is 4.68. The van der Waals surface area contributed by atoms with Crippen molar-refractivity contribution in [2.24, 2.45) is 0 Å². The Bertz CT molecular complexity index is 1210. The maximum Gasteiger partial charge on any atom is 0.341 e. The lowest BCUT2D eigenvalue weighted by molar-refractivity contribution is -0.127. The van der Waals surface area contributed by atoms with Crippen LogP contribution in [-0.2, 0) is 14.3 Å².